The summed E-state index contributed by atoms with van der Waals surface area (Å²) < 4.78 is 0. The molecular weight excluding hydrogens is 268 g/mol. The highest BCUT2D eigenvalue weighted by Gasteiger charge is 2.33. The Labute approximate surface area is 137 Å². The second-order valence-electron chi connectivity index (χ2n) is 7.63. The van der Waals surface area contributed by atoms with Crippen LogP contribution in [0.2, 0.25) is 0 Å². The van der Waals surface area contributed by atoms with Crippen LogP contribution in [0.4, 0.5) is 0 Å². The highest BCUT2D eigenvalue weighted by Crippen LogP contribution is 2.46. The summed E-state index contributed by atoms with van der Waals surface area (Å²) in [5, 5.41) is 0. The van der Waals surface area contributed by atoms with Crippen molar-refractivity contribution in [2.45, 2.75) is 80.1 Å². The van der Waals surface area contributed by atoms with Crippen LogP contribution in [-0.2, 0) is 4.79 Å². The van der Waals surface area contributed by atoms with Gasteiger partial charge in [0.1, 0.15) is 6.29 Å². The zero-order valence-electron chi connectivity index (χ0n) is 15.5. The number of carbonyl (C=O) groups excluding carboxylic acids is 1. The third-order valence-corrected chi connectivity index (χ3v) is 5.58. The lowest BCUT2D eigenvalue weighted by atomic mass is 9.65. The van der Waals surface area contributed by atoms with E-state index in [4.69, 9.17) is 0 Å². The van der Waals surface area contributed by atoms with E-state index in [1.54, 1.807) is 11.1 Å². The fourth-order valence-corrected chi connectivity index (χ4v) is 3.43. The van der Waals surface area contributed by atoms with Crippen molar-refractivity contribution < 1.29 is 4.79 Å². The summed E-state index contributed by atoms with van der Waals surface area (Å²) in [4.78, 5) is 10.4. The molecule has 1 unspecified atom stereocenters. The van der Waals surface area contributed by atoms with Crippen molar-refractivity contribution in [3.8, 4) is 0 Å². The Morgan fingerprint density at radius 1 is 1.23 bits per heavy atom. The van der Waals surface area contributed by atoms with Crippen LogP contribution in [0.5, 0.6) is 0 Å². The first-order chi connectivity index (χ1) is 10.3. The fraction of sp³-hybridized carbons (Fsp3) is 0.667. The summed E-state index contributed by atoms with van der Waals surface area (Å²) in [5.41, 5.74) is 6.29. The minimum absolute atomic E-state index is 0.350. The molecule has 0 spiro atoms. The van der Waals surface area contributed by atoms with Crippen molar-refractivity contribution in [3.63, 3.8) is 0 Å². The summed E-state index contributed by atoms with van der Waals surface area (Å²) in [6.45, 7) is 13.8. The zero-order valence-corrected chi connectivity index (χ0v) is 15.5. The highest BCUT2D eigenvalue weighted by molar-refractivity contribution is 5.53. The Morgan fingerprint density at radius 2 is 1.86 bits per heavy atom. The van der Waals surface area contributed by atoms with Gasteiger partial charge in [0.05, 0.1) is 0 Å². The van der Waals surface area contributed by atoms with Crippen molar-refractivity contribution in [1.29, 1.82) is 0 Å². The molecule has 1 aliphatic rings. The van der Waals surface area contributed by atoms with Gasteiger partial charge in [-0.3, -0.25) is 0 Å². The first-order valence-electron chi connectivity index (χ1n) is 8.73. The van der Waals surface area contributed by atoms with Gasteiger partial charge in [-0.15, -0.1) is 0 Å². The van der Waals surface area contributed by atoms with Crippen molar-refractivity contribution in [2.24, 2.45) is 11.3 Å². The van der Waals surface area contributed by atoms with Gasteiger partial charge >= 0.3 is 0 Å². The maximum Gasteiger partial charge on any atom is 0.124 e. The smallest absolute Gasteiger partial charge is 0.124 e. The summed E-state index contributed by atoms with van der Waals surface area (Å²) >= 11 is 0. The molecule has 0 aliphatic heterocycles. The number of allylic oxidation sites excluding steroid dienone is 6. The summed E-state index contributed by atoms with van der Waals surface area (Å²) in [6.07, 6.45) is 11.9. The molecule has 0 aromatic rings. The Morgan fingerprint density at radius 3 is 2.50 bits per heavy atom. The first-order valence-corrected chi connectivity index (χ1v) is 8.73. The normalized spacial score (nSPS) is 22.9. The van der Waals surface area contributed by atoms with E-state index in [1.807, 2.05) is 6.92 Å². The number of aldehydes is 1. The SMILES string of the molecule is CC1=C(CC/C(C)=C/C/C=C(\C)CC=O)C(C)(C)C(C)CC1. The Hall–Kier alpha value is -1.11. The molecule has 22 heavy (non-hydrogen) atoms. The van der Waals surface area contributed by atoms with Gasteiger partial charge in [-0.05, 0) is 64.2 Å². The van der Waals surface area contributed by atoms with Gasteiger partial charge in [0.25, 0.3) is 0 Å². The number of carbonyl (C=O) groups is 1. The molecule has 0 aromatic carbocycles. The summed E-state index contributed by atoms with van der Waals surface area (Å²) in [6, 6.07) is 0. The average Bonchev–Trinajstić information content (AvgIpc) is 2.43. The second-order valence-corrected chi connectivity index (χ2v) is 7.63. The molecule has 124 valence electrons. The van der Waals surface area contributed by atoms with Gasteiger partial charge in [-0.25, -0.2) is 0 Å². The zero-order chi connectivity index (χ0) is 16.8. The van der Waals surface area contributed by atoms with Crippen LogP contribution in [-0.4, -0.2) is 6.29 Å². The van der Waals surface area contributed by atoms with Crippen LogP contribution >= 0.6 is 0 Å². The van der Waals surface area contributed by atoms with E-state index in [0.29, 0.717) is 11.8 Å². The standard InChI is InChI=1S/C21H34O/c1-16(8-7-9-17(2)14-15-22)10-13-20-18(3)11-12-19(4)21(20,5)6/h8-9,15,19H,7,10-14H2,1-6H3/b16-8+,17-9+. The second kappa shape index (κ2) is 8.50. The van der Waals surface area contributed by atoms with E-state index >= 15 is 0 Å². The van der Waals surface area contributed by atoms with Crippen molar-refractivity contribution in [2.75, 3.05) is 0 Å². The van der Waals surface area contributed by atoms with Crippen LogP contribution in [0.1, 0.15) is 80.1 Å². The Balaban J connectivity index is 2.61. The quantitative estimate of drug-likeness (QED) is 0.392. The van der Waals surface area contributed by atoms with Crippen LogP contribution in [0.3, 0.4) is 0 Å². The van der Waals surface area contributed by atoms with E-state index < -0.39 is 0 Å². The maximum atomic E-state index is 10.4. The van der Waals surface area contributed by atoms with Crippen LogP contribution in [0.15, 0.2) is 34.4 Å². The van der Waals surface area contributed by atoms with Gasteiger partial charge in [0, 0.05) is 6.42 Å². The van der Waals surface area contributed by atoms with E-state index in [2.05, 4.69) is 46.8 Å². The van der Waals surface area contributed by atoms with E-state index in [0.717, 1.165) is 25.0 Å². The molecule has 1 aliphatic carbocycles. The minimum atomic E-state index is 0.350. The van der Waals surface area contributed by atoms with Gasteiger partial charge in [0.2, 0.25) is 0 Å². The molecular formula is C21H34O. The maximum absolute atomic E-state index is 10.4. The van der Waals surface area contributed by atoms with E-state index in [-0.39, 0.29) is 0 Å². The van der Waals surface area contributed by atoms with Gasteiger partial charge in [0.15, 0.2) is 0 Å². The molecule has 1 nitrogen and oxygen atoms in total. The van der Waals surface area contributed by atoms with Gasteiger partial charge < -0.3 is 4.79 Å². The molecule has 0 heterocycles. The third kappa shape index (κ3) is 5.26. The molecule has 0 bridgehead atoms. The fourth-order valence-electron chi connectivity index (χ4n) is 3.43. The number of rotatable bonds is 7. The molecule has 0 amide bonds. The molecule has 0 aromatic heterocycles. The largest absolute Gasteiger partial charge is 0.303 e. The average molecular weight is 303 g/mol. The molecule has 0 saturated carbocycles. The van der Waals surface area contributed by atoms with Gasteiger partial charge in [-0.1, -0.05) is 55.2 Å². The van der Waals surface area contributed by atoms with Crippen molar-refractivity contribution >= 4 is 6.29 Å². The topological polar surface area (TPSA) is 17.1 Å². The lowest BCUT2D eigenvalue weighted by Crippen LogP contribution is -2.28. The third-order valence-electron chi connectivity index (χ3n) is 5.58. The van der Waals surface area contributed by atoms with Crippen LogP contribution in [0.25, 0.3) is 0 Å². The molecule has 0 fully saturated rings. The monoisotopic (exact) mass is 302 g/mol. The molecule has 1 heteroatoms. The predicted molar refractivity (Wildman–Crippen MR) is 96.9 cm³/mol. The summed E-state index contributed by atoms with van der Waals surface area (Å²) in [5.74, 6) is 0.782. The van der Waals surface area contributed by atoms with E-state index in [9.17, 15) is 4.79 Å². The molecule has 0 N–H and O–H groups in total. The molecule has 1 rings (SSSR count). The lowest BCUT2D eigenvalue weighted by Gasteiger charge is -2.40. The van der Waals surface area contributed by atoms with Crippen LogP contribution in [0, 0.1) is 11.3 Å². The van der Waals surface area contributed by atoms with E-state index in [1.165, 1.54) is 30.4 Å². The summed E-state index contributed by atoms with van der Waals surface area (Å²) in [7, 11) is 0. The lowest BCUT2D eigenvalue weighted by molar-refractivity contribution is -0.107. The predicted octanol–water partition coefficient (Wildman–Crippen LogP) is 6.41. The van der Waals surface area contributed by atoms with Gasteiger partial charge in [-0.2, -0.15) is 0 Å². The first kappa shape index (κ1) is 18.9. The molecule has 0 saturated heterocycles. The highest BCUT2D eigenvalue weighted by atomic mass is 16.1. The number of hydrogen-bond acceptors (Lipinski definition) is 1. The Kier molecular flexibility index (Phi) is 7.32. The molecule has 1 atom stereocenters. The Bertz CT molecular complexity index is 474. The minimum Gasteiger partial charge on any atom is -0.303 e. The molecule has 0 radical (unpaired) electrons. The van der Waals surface area contributed by atoms with Crippen molar-refractivity contribution in [1.82, 2.24) is 0 Å². The van der Waals surface area contributed by atoms with Crippen LogP contribution < -0.4 is 0 Å². The number of hydrogen-bond donors (Lipinski definition) is 0. The van der Waals surface area contributed by atoms with Crippen molar-refractivity contribution in [3.05, 3.63) is 34.4 Å².